The standard InChI is InChI=1S/C24H22F3N2.CH3.2H2O.Sc/c25-24(26,27)22-9-5-4-8-21(22)19-12-10-18(11-13-19)16-29-15-14-28-23(17-29)20-6-2-1-3-7-20;;;;/h1-13,23H,14-17H2;1H3;2*1H2;/q2*-1;;;. The molecule has 3 aromatic carbocycles. The molecule has 0 saturated carbocycles. The van der Waals surface area contributed by atoms with E-state index in [4.69, 9.17) is 5.32 Å². The van der Waals surface area contributed by atoms with Gasteiger partial charge in [0.1, 0.15) is 0 Å². The molecule has 1 fully saturated rings. The van der Waals surface area contributed by atoms with E-state index in [1.54, 1.807) is 18.2 Å². The molecule has 0 spiro atoms. The summed E-state index contributed by atoms with van der Waals surface area (Å²) < 4.78 is 39.9. The second kappa shape index (κ2) is 13.8. The van der Waals surface area contributed by atoms with Gasteiger partial charge in [-0.2, -0.15) is 13.2 Å². The molecule has 177 valence electrons. The average Bonchev–Trinajstić information content (AvgIpc) is 2.75. The predicted octanol–water partition coefficient (Wildman–Crippen LogP) is 5.10. The van der Waals surface area contributed by atoms with E-state index in [-0.39, 0.29) is 55.8 Å². The summed E-state index contributed by atoms with van der Waals surface area (Å²) in [5.41, 5.74) is 2.50. The van der Waals surface area contributed by atoms with Crippen LogP contribution in [0, 0.1) is 7.43 Å². The smallest absolute Gasteiger partial charge is 0.417 e. The fourth-order valence-corrected chi connectivity index (χ4v) is 3.81. The van der Waals surface area contributed by atoms with E-state index in [0.717, 1.165) is 37.8 Å². The topological polar surface area (TPSA) is 80.3 Å². The molecule has 8 heteroatoms. The second-order valence-corrected chi connectivity index (χ2v) is 7.31. The maximum Gasteiger partial charge on any atom is 0.417 e. The van der Waals surface area contributed by atoms with Crippen molar-refractivity contribution in [3.63, 3.8) is 0 Å². The number of alkyl halides is 3. The van der Waals surface area contributed by atoms with E-state index in [2.05, 4.69) is 17.0 Å². The van der Waals surface area contributed by atoms with Crippen molar-refractivity contribution < 1.29 is 50.0 Å². The molecule has 1 radical (unpaired) electrons. The third kappa shape index (κ3) is 7.86. The predicted molar refractivity (Wildman–Crippen MR) is 123 cm³/mol. The molecule has 0 bridgehead atoms. The Kier molecular flexibility index (Phi) is 13.0. The molecule has 1 heterocycles. The summed E-state index contributed by atoms with van der Waals surface area (Å²) in [6, 6.07) is 23.6. The molecular weight excluding hydrogens is 462 g/mol. The molecule has 1 saturated heterocycles. The van der Waals surface area contributed by atoms with Crippen molar-refractivity contribution in [2.24, 2.45) is 0 Å². The van der Waals surface area contributed by atoms with E-state index < -0.39 is 11.7 Å². The van der Waals surface area contributed by atoms with Crippen LogP contribution in [-0.2, 0) is 38.6 Å². The van der Waals surface area contributed by atoms with Crippen molar-refractivity contribution in [1.29, 1.82) is 0 Å². The minimum atomic E-state index is -4.36. The van der Waals surface area contributed by atoms with Crippen molar-refractivity contribution >= 4 is 0 Å². The van der Waals surface area contributed by atoms with Gasteiger partial charge in [0.15, 0.2) is 0 Å². The van der Waals surface area contributed by atoms with E-state index >= 15 is 0 Å². The molecule has 33 heavy (non-hydrogen) atoms. The first-order valence-corrected chi connectivity index (χ1v) is 9.70. The molecule has 1 atom stereocenters. The zero-order valence-corrected chi connectivity index (χ0v) is 20.3. The van der Waals surface area contributed by atoms with Crippen LogP contribution in [0.4, 0.5) is 13.2 Å². The molecule has 4 rings (SSSR count). The Morgan fingerprint density at radius 2 is 1.45 bits per heavy atom. The van der Waals surface area contributed by atoms with Gasteiger partial charge < -0.3 is 28.6 Å². The summed E-state index contributed by atoms with van der Waals surface area (Å²) in [5.74, 6) is 0. The first-order valence-electron chi connectivity index (χ1n) is 9.70. The van der Waals surface area contributed by atoms with E-state index in [1.165, 1.54) is 17.7 Å². The summed E-state index contributed by atoms with van der Waals surface area (Å²) >= 11 is 0. The van der Waals surface area contributed by atoms with Gasteiger partial charge in [-0.1, -0.05) is 84.4 Å². The molecule has 0 aromatic heterocycles. The molecule has 4 N–H and O–H groups in total. The maximum atomic E-state index is 13.3. The van der Waals surface area contributed by atoms with Gasteiger partial charge in [-0.05, 0) is 35.8 Å². The Bertz CT molecular complexity index is 954. The molecule has 1 unspecified atom stereocenters. The summed E-state index contributed by atoms with van der Waals surface area (Å²) in [6.45, 7) is 3.29. The fourth-order valence-electron chi connectivity index (χ4n) is 3.81. The minimum Gasteiger partial charge on any atom is -0.654 e. The third-order valence-electron chi connectivity index (χ3n) is 5.28. The zero-order chi connectivity index (χ0) is 20.3. The first kappa shape index (κ1) is 31.2. The van der Waals surface area contributed by atoms with Gasteiger partial charge in [0.25, 0.3) is 0 Å². The van der Waals surface area contributed by atoms with Crippen LogP contribution in [0.1, 0.15) is 22.7 Å². The normalized spacial score (nSPS) is 15.8. The Balaban J connectivity index is 0.00000256. The van der Waals surface area contributed by atoms with E-state index in [9.17, 15) is 13.2 Å². The van der Waals surface area contributed by atoms with Gasteiger partial charge in [0.2, 0.25) is 0 Å². The Morgan fingerprint density at radius 3 is 2.09 bits per heavy atom. The quantitative estimate of drug-likeness (QED) is 0.468. The average molecular weight is 491 g/mol. The zero-order valence-electron chi connectivity index (χ0n) is 18.5. The van der Waals surface area contributed by atoms with Crippen LogP contribution in [0.25, 0.3) is 16.4 Å². The van der Waals surface area contributed by atoms with Crippen molar-refractivity contribution in [2.75, 3.05) is 19.6 Å². The molecule has 1 aliphatic heterocycles. The van der Waals surface area contributed by atoms with Crippen LogP contribution >= 0.6 is 0 Å². The molecular formula is C25H29F3N2O2Sc-2. The SMILES string of the molecule is FC(F)(F)c1ccccc1-c1ccc(CN2CC[N-]C(c3ccccc3)C2)cc1.O.O.[CH3-].[Sc]. The Hall–Kier alpha value is -1.84. The first-order chi connectivity index (χ1) is 14.0. The van der Waals surface area contributed by atoms with Crippen LogP contribution in [-0.4, -0.2) is 35.5 Å². The van der Waals surface area contributed by atoms with E-state index in [1.807, 2.05) is 30.3 Å². The van der Waals surface area contributed by atoms with Gasteiger partial charge >= 0.3 is 6.18 Å². The van der Waals surface area contributed by atoms with Gasteiger partial charge in [-0.15, -0.1) is 6.54 Å². The van der Waals surface area contributed by atoms with E-state index in [0.29, 0.717) is 5.56 Å². The van der Waals surface area contributed by atoms with Crippen LogP contribution in [0.3, 0.4) is 0 Å². The molecule has 3 aromatic rings. The number of benzene rings is 3. The molecule has 0 aliphatic carbocycles. The van der Waals surface area contributed by atoms with Crippen LogP contribution in [0.2, 0.25) is 0 Å². The summed E-state index contributed by atoms with van der Waals surface area (Å²) in [7, 11) is 0. The van der Waals surface area contributed by atoms with Crippen molar-refractivity contribution in [2.45, 2.75) is 18.8 Å². The Morgan fingerprint density at radius 1 is 0.848 bits per heavy atom. The molecule has 0 amide bonds. The number of nitrogens with zero attached hydrogens (tertiary/aromatic N) is 2. The third-order valence-corrected chi connectivity index (χ3v) is 5.28. The number of hydrogen-bond acceptors (Lipinski definition) is 1. The van der Waals surface area contributed by atoms with Crippen LogP contribution in [0.15, 0.2) is 78.9 Å². The summed E-state index contributed by atoms with van der Waals surface area (Å²) in [4.78, 5) is 2.35. The second-order valence-electron chi connectivity index (χ2n) is 7.31. The Labute approximate surface area is 212 Å². The number of piperazine rings is 1. The van der Waals surface area contributed by atoms with Gasteiger partial charge in [-0.25, -0.2) is 0 Å². The molecule has 4 nitrogen and oxygen atoms in total. The maximum absolute atomic E-state index is 13.3. The summed E-state index contributed by atoms with van der Waals surface area (Å²) in [6.07, 6.45) is -4.36. The largest absolute Gasteiger partial charge is 0.654 e. The monoisotopic (exact) mass is 491 g/mol. The minimum absolute atomic E-state index is 0. The van der Waals surface area contributed by atoms with Crippen LogP contribution in [0.5, 0.6) is 0 Å². The number of hydrogen-bond donors (Lipinski definition) is 0. The van der Waals surface area contributed by atoms with Crippen molar-refractivity contribution in [3.8, 4) is 11.1 Å². The number of halogens is 3. The van der Waals surface area contributed by atoms with Gasteiger partial charge in [0, 0.05) is 32.4 Å². The van der Waals surface area contributed by atoms with Crippen molar-refractivity contribution in [3.05, 3.63) is 108 Å². The summed E-state index contributed by atoms with van der Waals surface area (Å²) in [5, 5.41) is 4.73. The van der Waals surface area contributed by atoms with Crippen molar-refractivity contribution in [1.82, 2.24) is 4.90 Å². The van der Waals surface area contributed by atoms with Gasteiger partial charge in [-0.3, -0.25) is 0 Å². The number of rotatable bonds is 4. The molecule has 1 aliphatic rings. The van der Waals surface area contributed by atoms with Gasteiger partial charge in [0.05, 0.1) is 5.56 Å². The fraction of sp³-hybridized carbons (Fsp3) is 0.240. The van der Waals surface area contributed by atoms with Crippen LogP contribution < -0.4 is 0 Å².